The number of amides is 1. The minimum absolute atomic E-state index is 0.0786. The summed E-state index contributed by atoms with van der Waals surface area (Å²) in [5, 5.41) is 4.89. The van der Waals surface area contributed by atoms with Crippen LogP contribution in [-0.4, -0.2) is 15.5 Å². The Morgan fingerprint density at radius 3 is 2.81 bits per heavy atom. The highest BCUT2D eigenvalue weighted by Crippen LogP contribution is 2.34. The van der Waals surface area contributed by atoms with Crippen LogP contribution in [0.3, 0.4) is 0 Å². The van der Waals surface area contributed by atoms with Gasteiger partial charge in [-0.25, -0.2) is 9.37 Å². The number of benzene rings is 1. The van der Waals surface area contributed by atoms with Gasteiger partial charge in [0.05, 0.1) is 17.4 Å². The molecule has 4 rings (SSSR count). The summed E-state index contributed by atoms with van der Waals surface area (Å²) in [5.74, 6) is -1.02. The first-order valence-corrected chi connectivity index (χ1v) is 9.80. The summed E-state index contributed by atoms with van der Waals surface area (Å²) in [6.07, 6.45) is 1.35. The molecule has 0 spiro atoms. The molecule has 5 nitrogen and oxygen atoms in total. The van der Waals surface area contributed by atoms with Crippen molar-refractivity contribution in [3.63, 3.8) is 0 Å². The molecule has 0 aliphatic carbocycles. The van der Waals surface area contributed by atoms with E-state index >= 15 is 0 Å². The van der Waals surface area contributed by atoms with Crippen molar-refractivity contribution in [2.24, 2.45) is 0 Å². The zero-order valence-electron chi connectivity index (χ0n) is 14.2. The van der Waals surface area contributed by atoms with Gasteiger partial charge in [0, 0.05) is 20.7 Å². The zero-order valence-corrected chi connectivity index (χ0v) is 15.9. The molecule has 0 saturated carbocycles. The van der Waals surface area contributed by atoms with E-state index in [4.69, 9.17) is 0 Å². The van der Waals surface area contributed by atoms with Gasteiger partial charge >= 0.3 is 0 Å². The number of carbonyl (C=O) groups excluding carboxylic acids is 1. The van der Waals surface area contributed by atoms with Gasteiger partial charge in [-0.2, -0.15) is 0 Å². The van der Waals surface area contributed by atoms with Crippen LogP contribution in [0.1, 0.15) is 4.88 Å². The SMILES string of the molecule is Cc1ccc(-c2csc3ncn(CC(=O)Nc4ccccc4F)c(=O)c23)s1. The summed E-state index contributed by atoms with van der Waals surface area (Å²) in [5.41, 5.74) is 0.621. The van der Waals surface area contributed by atoms with E-state index in [0.717, 1.165) is 15.3 Å². The van der Waals surface area contributed by atoms with Crippen molar-refractivity contribution in [3.8, 4) is 10.4 Å². The molecule has 0 atom stereocenters. The molecule has 0 radical (unpaired) electrons. The summed E-state index contributed by atoms with van der Waals surface area (Å²) < 4.78 is 14.9. The number of anilines is 1. The van der Waals surface area contributed by atoms with Gasteiger partial charge < -0.3 is 5.32 Å². The summed E-state index contributed by atoms with van der Waals surface area (Å²) >= 11 is 3.00. The van der Waals surface area contributed by atoms with Crippen LogP contribution in [0.5, 0.6) is 0 Å². The number of aryl methyl sites for hydroxylation is 1. The highest BCUT2D eigenvalue weighted by atomic mass is 32.1. The quantitative estimate of drug-likeness (QED) is 0.557. The third-order valence-corrected chi connectivity index (χ3v) is 5.95. The van der Waals surface area contributed by atoms with Crippen molar-refractivity contribution in [1.82, 2.24) is 9.55 Å². The van der Waals surface area contributed by atoms with Crippen molar-refractivity contribution in [2.45, 2.75) is 13.5 Å². The van der Waals surface area contributed by atoms with Crippen molar-refractivity contribution >= 4 is 44.5 Å². The molecule has 136 valence electrons. The summed E-state index contributed by atoms with van der Waals surface area (Å²) in [6.45, 7) is 1.77. The number of rotatable bonds is 4. The Bertz CT molecular complexity index is 1210. The molecule has 0 bridgehead atoms. The molecule has 4 aromatic rings. The van der Waals surface area contributed by atoms with Gasteiger partial charge in [0.1, 0.15) is 17.2 Å². The largest absolute Gasteiger partial charge is 0.322 e. The topological polar surface area (TPSA) is 64.0 Å². The molecule has 1 amide bonds. The highest BCUT2D eigenvalue weighted by molar-refractivity contribution is 7.19. The van der Waals surface area contributed by atoms with Gasteiger partial charge in [-0.3, -0.25) is 14.2 Å². The second-order valence-electron chi connectivity index (χ2n) is 5.95. The van der Waals surface area contributed by atoms with E-state index in [1.54, 1.807) is 17.4 Å². The van der Waals surface area contributed by atoms with Crippen molar-refractivity contribution in [2.75, 3.05) is 5.32 Å². The predicted molar refractivity (Wildman–Crippen MR) is 107 cm³/mol. The maximum Gasteiger partial charge on any atom is 0.263 e. The zero-order chi connectivity index (χ0) is 19.0. The lowest BCUT2D eigenvalue weighted by atomic mass is 10.2. The number of nitrogens with one attached hydrogen (secondary N) is 1. The van der Waals surface area contributed by atoms with Crippen LogP contribution in [-0.2, 0) is 11.3 Å². The Hall–Kier alpha value is -2.84. The lowest BCUT2D eigenvalue weighted by Gasteiger charge is -2.08. The van der Waals surface area contributed by atoms with Crippen LogP contribution >= 0.6 is 22.7 Å². The number of halogens is 1. The molecule has 8 heteroatoms. The third-order valence-electron chi connectivity index (χ3n) is 4.03. The molecular formula is C19H14FN3O2S2. The Morgan fingerprint density at radius 2 is 2.07 bits per heavy atom. The molecule has 1 N–H and O–H groups in total. The number of nitrogens with zero attached hydrogens (tertiary/aromatic N) is 2. The molecule has 0 fully saturated rings. The number of thiophene rings is 2. The molecule has 0 unspecified atom stereocenters. The molecule has 27 heavy (non-hydrogen) atoms. The van der Waals surface area contributed by atoms with Crippen LogP contribution in [0.15, 0.2) is 52.9 Å². The van der Waals surface area contributed by atoms with Crippen LogP contribution in [0.4, 0.5) is 10.1 Å². The average Bonchev–Trinajstić information content (AvgIpc) is 3.26. The number of hydrogen-bond acceptors (Lipinski definition) is 5. The van der Waals surface area contributed by atoms with Crippen LogP contribution in [0.25, 0.3) is 20.7 Å². The van der Waals surface area contributed by atoms with E-state index in [9.17, 15) is 14.0 Å². The molecule has 1 aromatic carbocycles. The van der Waals surface area contributed by atoms with Crippen molar-refractivity contribution in [3.05, 3.63) is 69.2 Å². The first-order valence-electron chi connectivity index (χ1n) is 8.11. The maximum atomic E-state index is 13.7. The number of aromatic nitrogens is 2. The van der Waals surface area contributed by atoms with Crippen LogP contribution in [0.2, 0.25) is 0 Å². The van der Waals surface area contributed by atoms with E-state index < -0.39 is 11.7 Å². The van der Waals surface area contributed by atoms with Gasteiger partial charge in [0.2, 0.25) is 5.91 Å². The molecular weight excluding hydrogens is 385 g/mol. The van der Waals surface area contributed by atoms with E-state index in [1.165, 1.54) is 40.4 Å². The fourth-order valence-corrected chi connectivity index (χ4v) is 4.61. The summed E-state index contributed by atoms with van der Waals surface area (Å²) in [6, 6.07) is 9.86. The Kier molecular flexibility index (Phi) is 4.59. The van der Waals surface area contributed by atoms with Crippen molar-refractivity contribution in [1.29, 1.82) is 0 Å². The molecule has 0 aliphatic rings. The molecule has 3 aromatic heterocycles. The lowest BCUT2D eigenvalue weighted by molar-refractivity contribution is -0.116. The maximum absolute atomic E-state index is 13.7. The average molecular weight is 399 g/mol. The van der Waals surface area contributed by atoms with E-state index in [-0.39, 0.29) is 17.8 Å². The molecule has 3 heterocycles. The second kappa shape index (κ2) is 7.05. The van der Waals surface area contributed by atoms with Gasteiger partial charge in [-0.05, 0) is 31.2 Å². The number of hydrogen-bond donors (Lipinski definition) is 1. The Balaban J connectivity index is 1.67. The number of para-hydroxylation sites is 1. The van der Waals surface area contributed by atoms with Crippen LogP contribution in [0, 0.1) is 12.7 Å². The van der Waals surface area contributed by atoms with Crippen molar-refractivity contribution < 1.29 is 9.18 Å². The van der Waals surface area contributed by atoms with E-state index in [2.05, 4.69) is 10.3 Å². The highest BCUT2D eigenvalue weighted by Gasteiger charge is 2.16. The minimum Gasteiger partial charge on any atom is -0.322 e. The van der Waals surface area contributed by atoms with E-state index in [0.29, 0.717) is 10.2 Å². The van der Waals surface area contributed by atoms with Gasteiger partial charge in [0.25, 0.3) is 5.56 Å². The Morgan fingerprint density at radius 1 is 1.26 bits per heavy atom. The smallest absolute Gasteiger partial charge is 0.263 e. The predicted octanol–water partition coefficient (Wildman–Crippen LogP) is 4.27. The first-order chi connectivity index (χ1) is 13.0. The van der Waals surface area contributed by atoms with Gasteiger partial charge in [-0.15, -0.1) is 22.7 Å². The standard InChI is InChI=1S/C19H14FN3O2S2/c1-11-6-7-15(27-11)12-9-26-18-17(12)19(25)23(10-21-18)8-16(24)22-14-5-3-2-4-13(14)20/h2-7,9-10H,8H2,1H3,(H,22,24). The van der Waals surface area contributed by atoms with Gasteiger partial charge in [-0.1, -0.05) is 12.1 Å². The third kappa shape index (κ3) is 3.41. The van der Waals surface area contributed by atoms with Gasteiger partial charge in [0.15, 0.2) is 0 Å². The van der Waals surface area contributed by atoms with Crippen LogP contribution < -0.4 is 10.9 Å². The fraction of sp³-hybridized carbons (Fsp3) is 0.105. The fourth-order valence-electron chi connectivity index (χ4n) is 2.75. The summed E-state index contributed by atoms with van der Waals surface area (Å²) in [7, 11) is 0. The normalized spacial score (nSPS) is 11.0. The minimum atomic E-state index is -0.528. The molecule has 0 saturated heterocycles. The lowest BCUT2D eigenvalue weighted by Crippen LogP contribution is -2.28. The second-order valence-corrected chi connectivity index (χ2v) is 8.09. The first kappa shape index (κ1) is 17.6. The Labute approximate surface area is 161 Å². The monoisotopic (exact) mass is 399 g/mol. The van der Waals surface area contributed by atoms with E-state index in [1.807, 2.05) is 24.4 Å². The molecule has 0 aliphatic heterocycles. The number of carbonyl (C=O) groups is 1. The summed E-state index contributed by atoms with van der Waals surface area (Å²) in [4.78, 5) is 32.3. The number of fused-ring (bicyclic) bond motifs is 1.